The molecule has 3 aromatic rings. The van der Waals surface area contributed by atoms with Gasteiger partial charge in [0.05, 0.1) is 26.7 Å². The number of tetrazole rings is 1. The van der Waals surface area contributed by atoms with Gasteiger partial charge in [0.25, 0.3) is 0 Å². The molecule has 192 valence electrons. The summed E-state index contributed by atoms with van der Waals surface area (Å²) in [4.78, 5) is 13.3. The van der Waals surface area contributed by atoms with Crippen LogP contribution in [0.25, 0.3) is 17.0 Å². The molecule has 0 aliphatic heterocycles. The first-order valence-electron chi connectivity index (χ1n) is 11.5. The maximum atomic E-state index is 14.3. The van der Waals surface area contributed by atoms with Crippen molar-refractivity contribution < 1.29 is 23.4 Å². The molecule has 0 radical (unpaired) electrons. The fourth-order valence-electron chi connectivity index (χ4n) is 4.20. The monoisotopic (exact) mass is 505 g/mol. The number of H-pyrrole nitrogens is 1. The number of hydrogen-bond acceptors (Lipinski definition) is 7. The third kappa shape index (κ3) is 5.09. The Morgan fingerprint density at radius 2 is 1.89 bits per heavy atom. The molecule has 1 aliphatic carbocycles. The lowest BCUT2D eigenvalue weighted by Crippen LogP contribution is -2.28. The Hall–Kier alpha value is -4.47. The molecule has 1 fully saturated rings. The normalized spacial score (nSPS) is 14.9. The Kier molecular flexibility index (Phi) is 7.37. The fraction of sp³-hybridized carbons (Fsp3) is 0.259. The molecule has 0 saturated heterocycles. The van der Waals surface area contributed by atoms with E-state index in [-0.39, 0.29) is 11.7 Å². The van der Waals surface area contributed by atoms with Gasteiger partial charge in [-0.1, -0.05) is 18.7 Å². The number of carbonyl (C=O) groups is 1. The standard InChI is InChI=1S/C27H28FN5O4/c1-6-22(35-3)24(37-5)13-16(2)19-9-8-18(15-20(19)25-30-32-33-31-25)29-26(34)27(11-12-27)17-7-10-23(36-4)21(28)14-17/h6-10,13-15H,1,11-12H2,2-5H3,(H,29,34)(H,30,31,32,33)/b16-13+,24-22-. The summed E-state index contributed by atoms with van der Waals surface area (Å²) in [5, 5.41) is 17.4. The van der Waals surface area contributed by atoms with Gasteiger partial charge in [0.1, 0.15) is 0 Å². The van der Waals surface area contributed by atoms with Crippen molar-refractivity contribution in [3.8, 4) is 17.1 Å². The van der Waals surface area contributed by atoms with Crippen molar-refractivity contribution in [2.75, 3.05) is 26.6 Å². The molecule has 0 unspecified atom stereocenters. The first-order chi connectivity index (χ1) is 17.9. The highest BCUT2D eigenvalue weighted by Crippen LogP contribution is 2.49. The number of halogens is 1. The molecule has 1 saturated carbocycles. The minimum absolute atomic E-state index is 0.140. The van der Waals surface area contributed by atoms with Crippen LogP contribution in [-0.2, 0) is 19.7 Å². The predicted octanol–water partition coefficient (Wildman–Crippen LogP) is 4.78. The zero-order valence-corrected chi connectivity index (χ0v) is 21.1. The van der Waals surface area contributed by atoms with Crippen LogP contribution in [0.4, 0.5) is 10.1 Å². The van der Waals surface area contributed by atoms with Crippen LogP contribution in [0.3, 0.4) is 0 Å². The molecule has 2 aromatic carbocycles. The molecule has 0 spiro atoms. The Labute approximate surface area is 214 Å². The summed E-state index contributed by atoms with van der Waals surface area (Å²) in [6.07, 6.45) is 4.62. The second-order valence-corrected chi connectivity index (χ2v) is 8.55. The first-order valence-corrected chi connectivity index (χ1v) is 11.5. The van der Waals surface area contributed by atoms with E-state index < -0.39 is 11.2 Å². The molecule has 0 bridgehead atoms. The quantitative estimate of drug-likeness (QED) is 0.301. The van der Waals surface area contributed by atoms with Crippen LogP contribution in [0.1, 0.15) is 30.9 Å². The predicted molar refractivity (Wildman–Crippen MR) is 137 cm³/mol. The molecule has 9 nitrogen and oxygen atoms in total. The van der Waals surface area contributed by atoms with Crippen LogP contribution >= 0.6 is 0 Å². The summed E-state index contributed by atoms with van der Waals surface area (Å²) in [5.74, 6) is 0.765. The number of anilines is 1. The number of aromatic amines is 1. The summed E-state index contributed by atoms with van der Waals surface area (Å²) in [5.41, 5.74) is 2.66. The van der Waals surface area contributed by atoms with Crippen molar-refractivity contribution in [1.29, 1.82) is 0 Å². The van der Waals surface area contributed by atoms with Gasteiger partial charge >= 0.3 is 0 Å². The highest BCUT2D eigenvalue weighted by molar-refractivity contribution is 6.02. The highest BCUT2D eigenvalue weighted by atomic mass is 19.1. The van der Waals surface area contributed by atoms with Crippen molar-refractivity contribution in [2.24, 2.45) is 0 Å². The van der Waals surface area contributed by atoms with Gasteiger partial charge in [0.2, 0.25) is 11.7 Å². The molecular formula is C27H28FN5O4. The van der Waals surface area contributed by atoms with Crippen molar-refractivity contribution in [1.82, 2.24) is 20.6 Å². The van der Waals surface area contributed by atoms with Crippen molar-refractivity contribution in [2.45, 2.75) is 25.2 Å². The van der Waals surface area contributed by atoms with E-state index in [0.29, 0.717) is 47.0 Å². The van der Waals surface area contributed by atoms with Crippen molar-refractivity contribution in [3.63, 3.8) is 0 Å². The second-order valence-electron chi connectivity index (χ2n) is 8.55. The summed E-state index contributed by atoms with van der Waals surface area (Å²) in [6, 6.07) is 10.1. The van der Waals surface area contributed by atoms with Crippen molar-refractivity contribution >= 4 is 17.2 Å². The Balaban J connectivity index is 1.67. The smallest absolute Gasteiger partial charge is 0.235 e. The van der Waals surface area contributed by atoms with Crippen LogP contribution in [0.2, 0.25) is 0 Å². The number of benzene rings is 2. The molecular weight excluding hydrogens is 477 g/mol. The van der Waals surface area contributed by atoms with Gasteiger partial charge in [-0.3, -0.25) is 4.79 Å². The number of carbonyl (C=O) groups excluding carboxylic acids is 1. The number of nitrogens with zero attached hydrogens (tertiary/aromatic N) is 3. The first kappa shape index (κ1) is 25.6. The van der Waals surface area contributed by atoms with Crippen LogP contribution in [0.15, 0.2) is 66.6 Å². The summed E-state index contributed by atoms with van der Waals surface area (Å²) < 4.78 is 30.1. The highest BCUT2D eigenvalue weighted by Gasteiger charge is 2.51. The van der Waals surface area contributed by atoms with Gasteiger partial charge in [-0.25, -0.2) is 4.39 Å². The van der Waals surface area contributed by atoms with Crippen LogP contribution in [-0.4, -0.2) is 47.9 Å². The third-order valence-electron chi connectivity index (χ3n) is 6.39. The van der Waals surface area contributed by atoms with E-state index in [2.05, 4.69) is 32.5 Å². The van der Waals surface area contributed by atoms with Gasteiger partial charge in [-0.15, -0.1) is 10.2 Å². The molecule has 1 aliphatic rings. The molecule has 1 aromatic heterocycles. The third-order valence-corrected chi connectivity index (χ3v) is 6.39. The van der Waals surface area contributed by atoms with E-state index in [0.717, 1.165) is 11.1 Å². The molecule has 0 atom stereocenters. The fourth-order valence-corrected chi connectivity index (χ4v) is 4.20. The number of nitrogens with one attached hydrogen (secondary N) is 2. The number of amides is 1. The molecule has 37 heavy (non-hydrogen) atoms. The van der Waals surface area contributed by atoms with Gasteiger partial charge in [0, 0.05) is 11.3 Å². The van der Waals surface area contributed by atoms with Gasteiger partial charge in [-0.05, 0) is 78.1 Å². The summed E-state index contributed by atoms with van der Waals surface area (Å²) in [7, 11) is 4.49. The van der Waals surface area contributed by atoms with Crippen molar-refractivity contribution in [3.05, 3.63) is 83.6 Å². The van der Waals surface area contributed by atoms with Crippen LogP contribution < -0.4 is 10.1 Å². The maximum Gasteiger partial charge on any atom is 0.235 e. The number of allylic oxidation sites excluding steroid dienone is 3. The lowest BCUT2D eigenvalue weighted by Gasteiger charge is -2.18. The number of hydrogen-bond donors (Lipinski definition) is 2. The number of ether oxygens (including phenoxy) is 3. The molecule has 1 heterocycles. The zero-order chi connectivity index (χ0) is 26.6. The van der Waals surface area contributed by atoms with E-state index in [1.54, 1.807) is 37.5 Å². The SMILES string of the molecule is C=C/C(OC)=C(\C=C(/C)c1ccc(NC(=O)C2(c3ccc(OC)c(F)c3)CC2)cc1-c1nn[nH]n1)OC. The van der Waals surface area contributed by atoms with Gasteiger partial charge in [-0.2, -0.15) is 5.21 Å². The van der Waals surface area contributed by atoms with E-state index in [1.165, 1.54) is 20.3 Å². The zero-order valence-electron chi connectivity index (χ0n) is 21.1. The van der Waals surface area contributed by atoms with Crippen LogP contribution in [0, 0.1) is 5.82 Å². The van der Waals surface area contributed by atoms with E-state index >= 15 is 0 Å². The summed E-state index contributed by atoms with van der Waals surface area (Å²) >= 11 is 0. The number of rotatable bonds is 10. The maximum absolute atomic E-state index is 14.3. The van der Waals surface area contributed by atoms with E-state index in [9.17, 15) is 9.18 Å². The summed E-state index contributed by atoms with van der Waals surface area (Å²) in [6.45, 7) is 5.65. The minimum Gasteiger partial charge on any atom is -0.494 e. The minimum atomic E-state index is -0.784. The topological polar surface area (TPSA) is 111 Å². The van der Waals surface area contributed by atoms with Crippen LogP contribution in [0.5, 0.6) is 5.75 Å². The Morgan fingerprint density at radius 3 is 2.46 bits per heavy atom. The lowest BCUT2D eigenvalue weighted by molar-refractivity contribution is -0.118. The molecule has 1 amide bonds. The lowest BCUT2D eigenvalue weighted by atomic mass is 9.94. The average molecular weight is 506 g/mol. The van der Waals surface area contributed by atoms with Gasteiger partial charge < -0.3 is 19.5 Å². The number of methoxy groups -OCH3 is 3. The molecule has 10 heteroatoms. The van der Waals surface area contributed by atoms with E-state index in [1.807, 2.05) is 19.1 Å². The Bertz CT molecular complexity index is 1380. The molecule has 4 rings (SSSR count). The number of aromatic nitrogens is 4. The molecule has 2 N–H and O–H groups in total. The average Bonchev–Trinajstić information content (AvgIpc) is 3.54. The largest absolute Gasteiger partial charge is 0.494 e. The Morgan fingerprint density at radius 1 is 1.14 bits per heavy atom. The van der Waals surface area contributed by atoms with E-state index in [4.69, 9.17) is 14.2 Å². The second kappa shape index (κ2) is 10.7. The van der Waals surface area contributed by atoms with Gasteiger partial charge in [0.15, 0.2) is 23.1 Å².